The normalized spacial score (nSPS) is 11.1. The van der Waals surface area contributed by atoms with E-state index in [4.69, 9.17) is 0 Å². The minimum atomic E-state index is -0.909. The summed E-state index contributed by atoms with van der Waals surface area (Å²) in [6, 6.07) is 5.23. The van der Waals surface area contributed by atoms with E-state index < -0.39 is 17.5 Å². The summed E-state index contributed by atoms with van der Waals surface area (Å²) in [6.07, 6.45) is 2.49. The maximum absolute atomic E-state index is 13.6. The Balaban J connectivity index is 2.04. The zero-order valence-corrected chi connectivity index (χ0v) is 9.65. The Morgan fingerprint density at radius 1 is 1.11 bits per heavy atom. The number of pyridine rings is 1. The first-order valence-electron chi connectivity index (χ1n) is 5.55. The van der Waals surface area contributed by atoms with Crippen LogP contribution in [0.4, 0.5) is 13.2 Å². The van der Waals surface area contributed by atoms with Gasteiger partial charge in [0.2, 0.25) is 0 Å². The number of rotatable bonds is 2. The molecule has 3 rings (SSSR count). The van der Waals surface area contributed by atoms with Gasteiger partial charge in [0.25, 0.3) is 0 Å². The molecule has 1 aromatic carbocycles. The molecule has 19 heavy (non-hydrogen) atoms. The highest BCUT2D eigenvalue weighted by molar-refractivity contribution is 5.74. The van der Waals surface area contributed by atoms with Crippen molar-refractivity contribution in [2.24, 2.45) is 0 Å². The molecule has 0 unspecified atom stereocenters. The van der Waals surface area contributed by atoms with Crippen LogP contribution in [-0.2, 0) is 6.54 Å². The predicted molar refractivity (Wildman–Crippen MR) is 62.9 cm³/mol. The van der Waals surface area contributed by atoms with E-state index in [-0.39, 0.29) is 12.1 Å². The molecular formula is C13H8F3N3. The summed E-state index contributed by atoms with van der Waals surface area (Å²) < 4.78 is 41.0. The molecule has 0 bridgehead atoms. The average Bonchev–Trinajstić information content (AvgIpc) is 2.77. The molecule has 0 spiro atoms. The number of nitrogens with zero attached hydrogens (tertiary/aromatic N) is 3. The zero-order valence-electron chi connectivity index (χ0n) is 9.65. The Morgan fingerprint density at radius 2 is 1.95 bits per heavy atom. The van der Waals surface area contributed by atoms with Gasteiger partial charge in [-0.2, -0.15) is 5.10 Å². The van der Waals surface area contributed by atoms with Gasteiger partial charge >= 0.3 is 0 Å². The van der Waals surface area contributed by atoms with Crippen molar-refractivity contribution in [3.05, 3.63) is 59.7 Å². The quantitative estimate of drug-likeness (QED) is 0.711. The van der Waals surface area contributed by atoms with Gasteiger partial charge in [-0.15, -0.1) is 0 Å². The highest BCUT2D eigenvalue weighted by Crippen LogP contribution is 2.16. The smallest absolute Gasteiger partial charge is 0.163 e. The fraction of sp³-hybridized carbons (Fsp3) is 0.0769. The Labute approximate surface area is 106 Å². The van der Waals surface area contributed by atoms with Gasteiger partial charge in [0.1, 0.15) is 5.82 Å². The van der Waals surface area contributed by atoms with E-state index in [9.17, 15) is 13.2 Å². The van der Waals surface area contributed by atoms with Gasteiger partial charge in [0, 0.05) is 10.9 Å². The van der Waals surface area contributed by atoms with Crippen LogP contribution in [0.3, 0.4) is 0 Å². The van der Waals surface area contributed by atoms with Gasteiger partial charge in [-0.05, 0) is 12.1 Å². The molecule has 0 saturated heterocycles. The van der Waals surface area contributed by atoms with Crippen molar-refractivity contribution in [1.82, 2.24) is 14.8 Å². The Hall–Kier alpha value is -2.37. The number of hydrogen-bond acceptors (Lipinski definition) is 2. The van der Waals surface area contributed by atoms with Crippen LogP contribution in [0.25, 0.3) is 11.0 Å². The molecule has 3 nitrogen and oxygen atoms in total. The lowest BCUT2D eigenvalue weighted by atomic mass is 10.2. The first kappa shape index (κ1) is 11.7. The van der Waals surface area contributed by atoms with Crippen LogP contribution < -0.4 is 0 Å². The summed E-state index contributed by atoms with van der Waals surface area (Å²) in [6.45, 7) is 0.0335. The van der Waals surface area contributed by atoms with Gasteiger partial charge in [-0.3, -0.25) is 0 Å². The number of hydrogen-bond donors (Lipinski definition) is 0. The highest BCUT2D eigenvalue weighted by atomic mass is 19.2. The van der Waals surface area contributed by atoms with Crippen LogP contribution in [-0.4, -0.2) is 14.8 Å². The number of benzene rings is 1. The molecule has 6 heteroatoms. The topological polar surface area (TPSA) is 30.7 Å². The van der Waals surface area contributed by atoms with Gasteiger partial charge in [0.05, 0.1) is 18.9 Å². The largest absolute Gasteiger partial charge is 0.243 e. The SMILES string of the molecule is Fc1cnc2c(cnn2Cc2cccc(F)c2F)c1. The molecule has 0 fully saturated rings. The minimum absolute atomic E-state index is 0.0335. The summed E-state index contributed by atoms with van der Waals surface area (Å²) in [5, 5.41) is 4.51. The molecule has 0 aliphatic rings. The van der Waals surface area contributed by atoms with Gasteiger partial charge < -0.3 is 0 Å². The fourth-order valence-corrected chi connectivity index (χ4v) is 1.89. The molecule has 2 heterocycles. The second-order valence-corrected chi connectivity index (χ2v) is 4.08. The fourth-order valence-electron chi connectivity index (χ4n) is 1.89. The average molecular weight is 263 g/mol. The standard InChI is InChI=1S/C13H8F3N3/c14-10-4-9-5-18-19(13(9)17-6-10)7-8-2-1-3-11(15)12(8)16/h1-6H,7H2. The summed E-state index contributed by atoms with van der Waals surface area (Å²) >= 11 is 0. The maximum Gasteiger partial charge on any atom is 0.163 e. The molecule has 2 aromatic heterocycles. The van der Waals surface area contributed by atoms with Gasteiger partial charge in [-0.25, -0.2) is 22.8 Å². The van der Waals surface area contributed by atoms with Crippen molar-refractivity contribution in [1.29, 1.82) is 0 Å². The summed E-state index contributed by atoms with van der Waals surface area (Å²) in [7, 11) is 0. The van der Waals surface area contributed by atoms with E-state index in [1.165, 1.54) is 29.1 Å². The van der Waals surface area contributed by atoms with Crippen LogP contribution in [0.15, 0.2) is 36.7 Å². The molecule has 3 aromatic rings. The molecule has 0 radical (unpaired) electrons. The lowest BCUT2D eigenvalue weighted by Crippen LogP contribution is -2.05. The van der Waals surface area contributed by atoms with E-state index >= 15 is 0 Å². The lowest BCUT2D eigenvalue weighted by Gasteiger charge is -2.05. The van der Waals surface area contributed by atoms with E-state index in [2.05, 4.69) is 10.1 Å². The minimum Gasteiger partial charge on any atom is -0.243 e. The van der Waals surface area contributed by atoms with Crippen molar-refractivity contribution >= 4 is 11.0 Å². The highest BCUT2D eigenvalue weighted by Gasteiger charge is 2.11. The molecule has 0 atom stereocenters. The lowest BCUT2D eigenvalue weighted by molar-refractivity contribution is 0.493. The molecule has 0 amide bonds. The van der Waals surface area contributed by atoms with E-state index in [1.54, 1.807) is 0 Å². The van der Waals surface area contributed by atoms with Gasteiger partial charge in [0.15, 0.2) is 17.3 Å². The summed E-state index contributed by atoms with van der Waals surface area (Å²) in [5.41, 5.74) is 0.584. The van der Waals surface area contributed by atoms with E-state index in [0.29, 0.717) is 11.0 Å². The van der Waals surface area contributed by atoms with Crippen LogP contribution in [0.1, 0.15) is 5.56 Å². The second-order valence-electron chi connectivity index (χ2n) is 4.08. The summed E-state index contributed by atoms with van der Waals surface area (Å²) in [5.74, 6) is -2.29. The van der Waals surface area contributed by atoms with E-state index in [1.807, 2.05) is 0 Å². The third-order valence-electron chi connectivity index (χ3n) is 2.79. The molecular weight excluding hydrogens is 255 g/mol. The third kappa shape index (κ3) is 2.05. The first-order chi connectivity index (χ1) is 9.15. The van der Waals surface area contributed by atoms with Crippen molar-refractivity contribution in [2.75, 3.05) is 0 Å². The van der Waals surface area contributed by atoms with Crippen molar-refractivity contribution < 1.29 is 13.2 Å². The van der Waals surface area contributed by atoms with Crippen LogP contribution >= 0.6 is 0 Å². The first-order valence-corrected chi connectivity index (χ1v) is 5.55. The second kappa shape index (κ2) is 4.38. The Morgan fingerprint density at radius 3 is 2.79 bits per heavy atom. The van der Waals surface area contributed by atoms with Crippen LogP contribution in [0.2, 0.25) is 0 Å². The van der Waals surface area contributed by atoms with Crippen molar-refractivity contribution in [2.45, 2.75) is 6.54 Å². The number of aromatic nitrogens is 3. The molecule has 0 saturated carbocycles. The van der Waals surface area contributed by atoms with Crippen molar-refractivity contribution in [3.8, 4) is 0 Å². The Kier molecular flexibility index (Phi) is 2.70. The number of fused-ring (bicyclic) bond motifs is 1. The maximum atomic E-state index is 13.6. The van der Waals surface area contributed by atoms with Crippen LogP contribution in [0, 0.1) is 17.5 Å². The van der Waals surface area contributed by atoms with Crippen LogP contribution in [0.5, 0.6) is 0 Å². The summed E-state index contributed by atoms with van der Waals surface area (Å²) in [4.78, 5) is 3.90. The third-order valence-corrected chi connectivity index (χ3v) is 2.79. The monoisotopic (exact) mass is 263 g/mol. The molecule has 0 aliphatic carbocycles. The van der Waals surface area contributed by atoms with Gasteiger partial charge in [-0.1, -0.05) is 12.1 Å². The molecule has 0 N–H and O–H groups in total. The number of halogens is 3. The molecule has 96 valence electrons. The van der Waals surface area contributed by atoms with E-state index in [0.717, 1.165) is 12.3 Å². The molecule has 0 aliphatic heterocycles. The zero-order chi connectivity index (χ0) is 13.4. The Bertz CT molecular complexity index is 752. The van der Waals surface area contributed by atoms with Crippen molar-refractivity contribution in [3.63, 3.8) is 0 Å². The predicted octanol–water partition coefficient (Wildman–Crippen LogP) is 2.90.